The molecule has 1 saturated heterocycles. The van der Waals surface area contributed by atoms with E-state index in [4.69, 9.17) is 4.74 Å². The highest BCUT2D eigenvalue weighted by molar-refractivity contribution is 7.91. The minimum atomic E-state index is -3.00. The lowest BCUT2D eigenvalue weighted by Gasteiger charge is -2.35. The normalized spacial score (nSPS) is 19.8. The van der Waals surface area contributed by atoms with Gasteiger partial charge in [0.15, 0.2) is 9.84 Å². The highest BCUT2D eigenvalue weighted by Gasteiger charge is 2.26. The Bertz CT molecular complexity index is 807. The Morgan fingerprint density at radius 1 is 1.03 bits per heavy atom. The topological polar surface area (TPSA) is 80.8 Å². The zero-order valence-electron chi connectivity index (χ0n) is 18.6. The molecule has 0 saturated carbocycles. The van der Waals surface area contributed by atoms with Crippen LogP contribution in [-0.2, 0) is 25.8 Å². The van der Waals surface area contributed by atoms with Crippen molar-refractivity contribution in [2.24, 2.45) is 0 Å². The quantitative estimate of drug-likeness (QED) is 0.524. The molecule has 0 bridgehead atoms. The highest BCUT2D eigenvalue weighted by Crippen LogP contribution is 2.16. The Hall–Kier alpha value is -1.73. The molecule has 1 amide bonds. The summed E-state index contributed by atoms with van der Waals surface area (Å²) < 4.78 is 29.2. The minimum absolute atomic E-state index is 0.00812. The Kier molecular flexibility index (Phi) is 9.04. The molecule has 0 spiro atoms. The summed E-state index contributed by atoms with van der Waals surface area (Å²) in [5.74, 6) is 0.317. The van der Waals surface area contributed by atoms with Gasteiger partial charge in [-0.2, -0.15) is 0 Å². The first-order valence-corrected chi connectivity index (χ1v) is 12.6. The van der Waals surface area contributed by atoms with Crippen LogP contribution in [0.4, 0.5) is 0 Å². The van der Waals surface area contributed by atoms with E-state index in [9.17, 15) is 18.0 Å². The molecular formula is C23H35NO5S. The van der Waals surface area contributed by atoms with Crippen molar-refractivity contribution in [2.45, 2.75) is 77.3 Å². The molecule has 168 valence electrons. The molecule has 1 aromatic rings. The molecule has 1 unspecified atom stereocenters. The Morgan fingerprint density at radius 3 is 2.20 bits per heavy atom. The lowest BCUT2D eigenvalue weighted by molar-refractivity contribution is -0.118. The van der Waals surface area contributed by atoms with Gasteiger partial charge in [0.1, 0.15) is 5.78 Å². The number of nitrogens with zero attached hydrogens (tertiary/aromatic N) is 1. The molecule has 6 nitrogen and oxygen atoms in total. The fraction of sp³-hybridized carbons (Fsp3) is 0.652. The van der Waals surface area contributed by atoms with Crippen LogP contribution in [0, 0.1) is 0 Å². The van der Waals surface area contributed by atoms with Crippen molar-refractivity contribution in [3.63, 3.8) is 0 Å². The van der Waals surface area contributed by atoms with Crippen LogP contribution in [0.1, 0.15) is 69.3 Å². The van der Waals surface area contributed by atoms with Gasteiger partial charge < -0.3 is 9.64 Å². The van der Waals surface area contributed by atoms with E-state index in [0.29, 0.717) is 44.3 Å². The average Bonchev–Trinajstić information content (AvgIpc) is 2.66. The molecule has 0 radical (unpaired) electrons. The van der Waals surface area contributed by atoms with E-state index in [0.717, 1.165) is 12.0 Å². The second-order valence-corrected chi connectivity index (χ2v) is 11.3. The van der Waals surface area contributed by atoms with Gasteiger partial charge in [0, 0.05) is 31.5 Å². The van der Waals surface area contributed by atoms with E-state index in [1.165, 1.54) is 0 Å². The standard InChI is InChI=1S/C23H35NO5S/c1-17(2)30(27,28)13-7-5-6-8-22(25)14-20-9-11-21(12-10-20)23(26)24-15-18(3)29-19(4)16-24/h9-12,17-19H,5-8,13-16H2,1-4H3/t18-,19?/m1/s1. The maximum atomic E-state index is 12.7. The molecule has 0 N–H and O–H groups in total. The molecular weight excluding hydrogens is 402 g/mol. The molecule has 1 aliphatic rings. The number of ketones is 1. The van der Waals surface area contributed by atoms with Crippen LogP contribution < -0.4 is 0 Å². The second kappa shape index (κ2) is 11.0. The number of amides is 1. The Labute approximate surface area is 180 Å². The van der Waals surface area contributed by atoms with Crippen LogP contribution in [-0.4, -0.2) is 61.3 Å². The number of unbranched alkanes of at least 4 members (excludes halogenated alkanes) is 2. The van der Waals surface area contributed by atoms with Gasteiger partial charge in [0.2, 0.25) is 0 Å². The monoisotopic (exact) mass is 437 g/mol. The van der Waals surface area contributed by atoms with Crippen molar-refractivity contribution in [2.75, 3.05) is 18.8 Å². The van der Waals surface area contributed by atoms with Crippen LogP contribution in [0.3, 0.4) is 0 Å². The van der Waals surface area contributed by atoms with E-state index < -0.39 is 9.84 Å². The van der Waals surface area contributed by atoms with Crippen LogP contribution in [0.15, 0.2) is 24.3 Å². The summed E-state index contributed by atoms with van der Waals surface area (Å²) in [4.78, 5) is 26.7. The summed E-state index contributed by atoms with van der Waals surface area (Å²) in [6, 6.07) is 7.25. The van der Waals surface area contributed by atoms with E-state index in [1.807, 2.05) is 30.9 Å². The number of ether oxygens (including phenoxy) is 1. The number of benzene rings is 1. The Morgan fingerprint density at radius 2 is 1.63 bits per heavy atom. The van der Waals surface area contributed by atoms with E-state index >= 15 is 0 Å². The van der Waals surface area contributed by atoms with Gasteiger partial charge in [-0.3, -0.25) is 9.59 Å². The van der Waals surface area contributed by atoms with E-state index in [1.54, 1.807) is 26.0 Å². The summed E-state index contributed by atoms with van der Waals surface area (Å²) in [6.45, 7) is 8.49. The third-order valence-electron chi connectivity index (χ3n) is 5.41. The molecule has 1 fully saturated rings. The number of hydrogen-bond acceptors (Lipinski definition) is 5. The molecule has 2 rings (SSSR count). The average molecular weight is 438 g/mol. The van der Waals surface area contributed by atoms with Crippen LogP contribution in [0.25, 0.3) is 0 Å². The molecule has 0 aliphatic carbocycles. The number of rotatable bonds is 10. The first-order valence-electron chi connectivity index (χ1n) is 10.9. The van der Waals surface area contributed by atoms with Gasteiger partial charge in [-0.15, -0.1) is 0 Å². The highest BCUT2D eigenvalue weighted by atomic mass is 32.2. The van der Waals surface area contributed by atoms with Gasteiger partial charge >= 0.3 is 0 Å². The molecule has 2 atom stereocenters. The summed E-state index contributed by atoms with van der Waals surface area (Å²) in [6.07, 6.45) is 2.89. The lowest BCUT2D eigenvalue weighted by Crippen LogP contribution is -2.48. The third kappa shape index (κ3) is 7.51. The van der Waals surface area contributed by atoms with Crippen LogP contribution >= 0.6 is 0 Å². The number of sulfone groups is 1. The van der Waals surface area contributed by atoms with Crippen molar-refractivity contribution >= 4 is 21.5 Å². The van der Waals surface area contributed by atoms with Crippen molar-refractivity contribution in [1.29, 1.82) is 0 Å². The second-order valence-electron chi connectivity index (χ2n) is 8.61. The predicted molar refractivity (Wildman–Crippen MR) is 118 cm³/mol. The van der Waals surface area contributed by atoms with Crippen LogP contribution in [0.5, 0.6) is 0 Å². The van der Waals surface area contributed by atoms with Crippen molar-refractivity contribution in [1.82, 2.24) is 4.90 Å². The lowest BCUT2D eigenvalue weighted by atomic mass is 10.0. The smallest absolute Gasteiger partial charge is 0.254 e. The molecule has 30 heavy (non-hydrogen) atoms. The maximum Gasteiger partial charge on any atom is 0.254 e. The minimum Gasteiger partial charge on any atom is -0.372 e. The number of morpholine rings is 1. The van der Waals surface area contributed by atoms with Gasteiger partial charge in [0.25, 0.3) is 5.91 Å². The first kappa shape index (κ1) is 24.5. The summed E-state index contributed by atoms with van der Waals surface area (Å²) in [7, 11) is -3.00. The number of Topliss-reactive ketones (excluding diaryl/α,β-unsaturated/α-hetero) is 1. The predicted octanol–water partition coefficient (Wildman–Crippen LogP) is 3.43. The number of hydrogen-bond donors (Lipinski definition) is 0. The Balaban J connectivity index is 1.76. The first-order chi connectivity index (χ1) is 14.1. The number of carbonyl (C=O) groups is 2. The summed E-state index contributed by atoms with van der Waals surface area (Å²) >= 11 is 0. The third-order valence-corrected chi connectivity index (χ3v) is 7.71. The van der Waals surface area contributed by atoms with E-state index in [-0.39, 0.29) is 34.9 Å². The van der Waals surface area contributed by atoms with Crippen molar-refractivity contribution in [3.05, 3.63) is 35.4 Å². The molecule has 7 heteroatoms. The SMILES string of the molecule is CC1CN(C(=O)c2ccc(CC(=O)CCCCCS(=O)(=O)C(C)C)cc2)C[C@@H](C)O1. The van der Waals surface area contributed by atoms with Gasteiger partial charge in [0.05, 0.1) is 23.2 Å². The maximum absolute atomic E-state index is 12.7. The van der Waals surface area contributed by atoms with Crippen LogP contribution in [0.2, 0.25) is 0 Å². The zero-order valence-corrected chi connectivity index (χ0v) is 19.4. The van der Waals surface area contributed by atoms with E-state index in [2.05, 4.69) is 0 Å². The summed E-state index contributed by atoms with van der Waals surface area (Å²) in [5, 5.41) is -0.343. The fourth-order valence-corrected chi connectivity index (χ4v) is 4.72. The van der Waals surface area contributed by atoms with Gasteiger partial charge in [-0.1, -0.05) is 18.6 Å². The summed E-state index contributed by atoms with van der Waals surface area (Å²) in [5.41, 5.74) is 1.52. The molecule has 0 aromatic heterocycles. The van der Waals surface area contributed by atoms with Gasteiger partial charge in [-0.25, -0.2) is 8.42 Å². The van der Waals surface area contributed by atoms with Gasteiger partial charge in [-0.05, 0) is 58.2 Å². The fourth-order valence-electron chi connectivity index (χ4n) is 3.65. The zero-order chi connectivity index (χ0) is 22.3. The van der Waals surface area contributed by atoms with Crippen molar-refractivity contribution < 1.29 is 22.7 Å². The largest absolute Gasteiger partial charge is 0.372 e. The number of carbonyl (C=O) groups excluding carboxylic acids is 2. The molecule has 1 aliphatic heterocycles. The van der Waals surface area contributed by atoms with Crippen molar-refractivity contribution in [3.8, 4) is 0 Å². The molecule has 1 aromatic carbocycles. The molecule has 1 heterocycles.